The van der Waals surface area contributed by atoms with Crippen LogP contribution in [0, 0.1) is 0 Å². The standard InChI is InChI=1S/C15H21NO4/c1-15(2,3)20-14(18)16-9-8-10-11(13(17)19-4)6-5-7-12(10)16/h8-9,11H,5-7H2,1-4H3. The first-order chi connectivity index (χ1) is 9.33. The maximum atomic E-state index is 12.2. The molecule has 0 N–H and O–H groups in total. The van der Waals surface area contributed by atoms with Crippen molar-refractivity contribution in [2.45, 2.75) is 51.6 Å². The Labute approximate surface area is 118 Å². The third-order valence-electron chi connectivity index (χ3n) is 3.38. The van der Waals surface area contributed by atoms with Gasteiger partial charge in [-0.15, -0.1) is 0 Å². The van der Waals surface area contributed by atoms with Gasteiger partial charge in [0.05, 0.1) is 13.0 Å². The minimum absolute atomic E-state index is 0.243. The van der Waals surface area contributed by atoms with Crippen LogP contribution in [-0.4, -0.2) is 29.3 Å². The Balaban J connectivity index is 2.29. The van der Waals surface area contributed by atoms with Crippen LogP contribution in [0.1, 0.15) is 50.8 Å². The van der Waals surface area contributed by atoms with E-state index in [0.29, 0.717) is 0 Å². The van der Waals surface area contributed by atoms with Crippen molar-refractivity contribution in [1.82, 2.24) is 4.57 Å². The monoisotopic (exact) mass is 279 g/mol. The maximum Gasteiger partial charge on any atom is 0.418 e. The lowest BCUT2D eigenvalue weighted by Crippen LogP contribution is -2.29. The molecular weight excluding hydrogens is 258 g/mol. The lowest BCUT2D eigenvalue weighted by Gasteiger charge is -2.24. The number of carbonyl (C=O) groups excluding carboxylic acids is 2. The molecule has 5 nitrogen and oxygen atoms in total. The molecule has 110 valence electrons. The fourth-order valence-corrected chi connectivity index (χ4v) is 2.56. The second kappa shape index (κ2) is 5.31. The van der Waals surface area contributed by atoms with E-state index in [0.717, 1.165) is 30.5 Å². The molecular formula is C15H21NO4. The summed E-state index contributed by atoms with van der Waals surface area (Å²) in [5.74, 6) is -0.514. The number of esters is 1. The fourth-order valence-electron chi connectivity index (χ4n) is 2.56. The molecule has 1 aliphatic carbocycles. The van der Waals surface area contributed by atoms with Crippen molar-refractivity contribution >= 4 is 12.1 Å². The van der Waals surface area contributed by atoms with Crippen molar-refractivity contribution in [3.8, 4) is 0 Å². The minimum Gasteiger partial charge on any atom is -0.469 e. The van der Waals surface area contributed by atoms with Crippen molar-refractivity contribution < 1.29 is 19.1 Å². The Bertz CT molecular complexity index is 524. The van der Waals surface area contributed by atoms with Crippen LogP contribution in [0.2, 0.25) is 0 Å². The van der Waals surface area contributed by atoms with Gasteiger partial charge in [-0.3, -0.25) is 9.36 Å². The van der Waals surface area contributed by atoms with Gasteiger partial charge in [0.15, 0.2) is 0 Å². The van der Waals surface area contributed by atoms with Gasteiger partial charge < -0.3 is 9.47 Å². The number of ether oxygens (including phenoxy) is 2. The summed E-state index contributed by atoms with van der Waals surface area (Å²) in [6.45, 7) is 5.49. The van der Waals surface area contributed by atoms with Crippen LogP contribution < -0.4 is 0 Å². The van der Waals surface area contributed by atoms with Crippen molar-refractivity contribution in [3.05, 3.63) is 23.5 Å². The highest BCUT2D eigenvalue weighted by Gasteiger charge is 2.31. The van der Waals surface area contributed by atoms with Gasteiger partial charge in [0.1, 0.15) is 5.60 Å². The summed E-state index contributed by atoms with van der Waals surface area (Å²) in [7, 11) is 1.39. The van der Waals surface area contributed by atoms with E-state index in [-0.39, 0.29) is 11.9 Å². The molecule has 1 atom stereocenters. The number of aromatic nitrogens is 1. The zero-order chi connectivity index (χ0) is 14.9. The predicted molar refractivity (Wildman–Crippen MR) is 73.8 cm³/mol. The summed E-state index contributed by atoms with van der Waals surface area (Å²) in [6, 6.07) is 1.82. The molecule has 0 aliphatic heterocycles. The molecule has 1 aromatic rings. The highest BCUT2D eigenvalue weighted by atomic mass is 16.6. The topological polar surface area (TPSA) is 57.5 Å². The Morgan fingerprint density at radius 3 is 2.65 bits per heavy atom. The lowest BCUT2D eigenvalue weighted by atomic mass is 9.87. The van der Waals surface area contributed by atoms with E-state index < -0.39 is 11.7 Å². The minimum atomic E-state index is -0.537. The highest BCUT2D eigenvalue weighted by Crippen LogP contribution is 2.33. The van der Waals surface area contributed by atoms with Crippen molar-refractivity contribution in [2.75, 3.05) is 7.11 Å². The number of carbonyl (C=O) groups is 2. The predicted octanol–water partition coefficient (Wildman–Crippen LogP) is 2.86. The lowest BCUT2D eigenvalue weighted by molar-refractivity contribution is -0.142. The maximum absolute atomic E-state index is 12.2. The average molecular weight is 279 g/mol. The Kier molecular flexibility index (Phi) is 3.88. The van der Waals surface area contributed by atoms with Crippen LogP contribution in [0.15, 0.2) is 12.3 Å². The van der Waals surface area contributed by atoms with Gasteiger partial charge in [-0.2, -0.15) is 0 Å². The fraction of sp³-hybridized carbons (Fsp3) is 0.600. The van der Waals surface area contributed by atoms with Gasteiger partial charge in [-0.25, -0.2) is 4.79 Å². The SMILES string of the molecule is COC(=O)C1CCCc2c1ccn2C(=O)OC(C)(C)C. The molecule has 0 spiro atoms. The van der Waals surface area contributed by atoms with Crippen LogP contribution in [0.3, 0.4) is 0 Å². The molecule has 1 heterocycles. The first-order valence-electron chi connectivity index (χ1n) is 6.85. The number of hydrogen-bond acceptors (Lipinski definition) is 4. The van der Waals surface area contributed by atoms with Crippen LogP contribution >= 0.6 is 0 Å². The second-order valence-corrected chi connectivity index (χ2v) is 6.04. The quantitative estimate of drug-likeness (QED) is 0.742. The van der Waals surface area contributed by atoms with Gasteiger partial charge in [0, 0.05) is 11.9 Å². The molecule has 5 heteroatoms. The van der Waals surface area contributed by atoms with Gasteiger partial charge in [0.2, 0.25) is 0 Å². The van der Waals surface area contributed by atoms with Crippen LogP contribution in [0.5, 0.6) is 0 Å². The van der Waals surface area contributed by atoms with Gasteiger partial charge in [-0.05, 0) is 51.7 Å². The van der Waals surface area contributed by atoms with Gasteiger partial charge in [0.25, 0.3) is 0 Å². The number of nitrogens with zero attached hydrogens (tertiary/aromatic N) is 1. The number of hydrogen-bond donors (Lipinski definition) is 0. The first-order valence-corrected chi connectivity index (χ1v) is 6.85. The zero-order valence-corrected chi connectivity index (χ0v) is 12.4. The average Bonchev–Trinajstić information content (AvgIpc) is 2.79. The van der Waals surface area contributed by atoms with Crippen LogP contribution in [0.25, 0.3) is 0 Å². The van der Waals surface area contributed by atoms with Crippen LogP contribution in [0.4, 0.5) is 4.79 Å². The summed E-state index contributed by atoms with van der Waals surface area (Å²) < 4.78 is 11.7. The second-order valence-electron chi connectivity index (χ2n) is 6.04. The third kappa shape index (κ3) is 2.86. The first kappa shape index (κ1) is 14.6. The molecule has 1 aliphatic rings. The molecule has 1 aromatic heterocycles. The molecule has 0 fully saturated rings. The molecule has 1 unspecified atom stereocenters. The molecule has 0 saturated carbocycles. The molecule has 0 radical (unpaired) electrons. The van der Waals surface area contributed by atoms with E-state index in [1.54, 1.807) is 6.20 Å². The number of methoxy groups -OCH3 is 1. The summed E-state index contributed by atoms with van der Waals surface area (Å²) in [5.41, 5.74) is 1.21. The molecule has 0 bridgehead atoms. The van der Waals surface area contributed by atoms with E-state index in [9.17, 15) is 9.59 Å². The highest BCUT2D eigenvalue weighted by molar-refractivity contribution is 5.80. The summed E-state index contributed by atoms with van der Waals surface area (Å²) in [4.78, 5) is 24.0. The molecule has 2 rings (SSSR count). The smallest absolute Gasteiger partial charge is 0.418 e. The number of fused-ring (bicyclic) bond motifs is 1. The van der Waals surface area contributed by atoms with E-state index in [1.807, 2.05) is 26.8 Å². The van der Waals surface area contributed by atoms with Crippen LogP contribution in [-0.2, 0) is 20.7 Å². The molecule has 0 aromatic carbocycles. The van der Waals surface area contributed by atoms with E-state index in [2.05, 4.69) is 0 Å². The summed E-state index contributed by atoms with van der Waals surface area (Å²) >= 11 is 0. The molecule has 0 saturated heterocycles. The van der Waals surface area contributed by atoms with Gasteiger partial charge >= 0.3 is 12.1 Å². The Morgan fingerprint density at radius 2 is 2.05 bits per heavy atom. The van der Waals surface area contributed by atoms with Crippen molar-refractivity contribution in [3.63, 3.8) is 0 Å². The van der Waals surface area contributed by atoms with E-state index >= 15 is 0 Å². The largest absolute Gasteiger partial charge is 0.469 e. The number of rotatable bonds is 1. The summed E-state index contributed by atoms with van der Waals surface area (Å²) in [5, 5.41) is 0. The van der Waals surface area contributed by atoms with Crippen molar-refractivity contribution in [2.24, 2.45) is 0 Å². The molecule has 20 heavy (non-hydrogen) atoms. The molecule has 0 amide bonds. The van der Waals surface area contributed by atoms with E-state index in [1.165, 1.54) is 11.7 Å². The Hall–Kier alpha value is -1.78. The summed E-state index contributed by atoms with van der Waals surface area (Å²) in [6.07, 6.45) is 3.68. The van der Waals surface area contributed by atoms with E-state index in [4.69, 9.17) is 9.47 Å². The zero-order valence-electron chi connectivity index (χ0n) is 12.4. The normalized spacial score (nSPS) is 18.3. The third-order valence-corrected chi connectivity index (χ3v) is 3.38. The van der Waals surface area contributed by atoms with Gasteiger partial charge in [-0.1, -0.05) is 0 Å². The van der Waals surface area contributed by atoms with Crippen molar-refractivity contribution in [1.29, 1.82) is 0 Å². The Morgan fingerprint density at radius 1 is 1.35 bits per heavy atom.